The molecule has 0 heterocycles. The monoisotopic (exact) mass is 344 g/mol. The van der Waals surface area contributed by atoms with Crippen LogP contribution in [0, 0.1) is 12.7 Å². The van der Waals surface area contributed by atoms with E-state index in [1.807, 2.05) is 30.3 Å². The number of halogens is 2. The van der Waals surface area contributed by atoms with Crippen LogP contribution < -0.4 is 10.5 Å². The second kappa shape index (κ2) is 7.69. The second-order valence-electron chi connectivity index (χ2n) is 4.80. The zero-order valence-corrected chi connectivity index (χ0v) is 13.6. The Morgan fingerprint density at radius 2 is 1.82 bits per heavy atom. The van der Waals surface area contributed by atoms with Crippen LogP contribution in [0.3, 0.4) is 0 Å². The van der Waals surface area contributed by atoms with Gasteiger partial charge in [-0.15, -0.1) is 12.4 Å². The molecule has 0 bridgehead atoms. The van der Waals surface area contributed by atoms with Crippen molar-refractivity contribution in [2.24, 2.45) is 5.73 Å². The maximum atomic E-state index is 13.7. The predicted octanol–water partition coefficient (Wildman–Crippen LogP) is 2.53. The second-order valence-corrected chi connectivity index (χ2v) is 6.54. The molecule has 1 unspecified atom stereocenters. The fourth-order valence-electron chi connectivity index (χ4n) is 1.92. The number of nitrogens with two attached hydrogens (primary N) is 1. The lowest BCUT2D eigenvalue weighted by atomic mass is 10.1. The van der Waals surface area contributed by atoms with Gasteiger partial charge >= 0.3 is 0 Å². The lowest BCUT2D eigenvalue weighted by Gasteiger charge is -2.14. The fourth-order valence-corrected chi connectivity index (χ4v) is 3.04. The molecule has 0 aromatic heterocycles. The summed E-state index contributed by atoms with van der Waals surface area (Å²) in [6.07, 6.45) is 0. The molecule has 3 N–H and O–H groups in total. The van der Waals surface area contributed by atoms with Gasteiger partial charge in [-0.25, -0.2) is 17.5 Å². The molecule has 0 saturated carbocycles. The van der Waals surface area contributed by atoms with Crippen LogP contribution in [-0.4, -0.2) is 15.0 Å². The minimum atomic E-state index is -3.92. The summed E-state index contributed by atoms with van der Waals surface area (Å²) in [6.45, 7) is 1.69. The maximum Gasteiger partial charge on any atom is 0.243 e. The summed E-state index contributed by atoms with van der Waals surface area (Å²) in [5.74, 6) is -0.768. The summed E-state index contributed by atoms with van der Waals surface area (Å²) < 4.78 is 40.3. The number of hydrogen-bond donors (Lipinski definition) is 2. The van der Waals surface area contributed by atoms with Crippen LogP contribution in [0.1, 0.15) is 17.2 Å². The van der Waals surface area contributed by atoms with Gasteiger partial charge in [0.2, 0.25) is 10.0 Å². The van der Waals surface area contributed by atoms with E-state index in [0.717, 1.165) is 5.56 Å². The van der Waals surface area contributed by atoms with E-state index in [9.17, 15) is 12.8 Å². The van der Waals surface area contributed by atoms with Crippen molar-refractivity contribution in [2.45, 2.75) is 17.9 Å². The molecule has 0 radical (unpaired) electrons. The molecule has 2 rings (SSSR count). The van der Waals surface area contributed by atoms with Gasteiger partial charge in [-0.2, -0.15) is 0 Å². The highest BCUT2D eigenvalue weighted by molar-refractivity contribution is 7.89. The van der Waals surface area contributed by atoms with E-state index in [1.54, 1.807) is 13.0 Å². The Balaban J connectivity index is 0.00000242. The Bertz CT molecular complexity index is 724. The SMILES string of the molecule is Cc1ccc(S(=O)(=O)NCC(N)c2ccccc2)c(F)c1.Cl. The number of rotatable bonds is 5. The van der Waals surface area contributed by atoms with Crippen LogP contribution in [0.2, 0.25) is 0 Å². The molecule has 2 aromatic carbocycles. The summed E-state index contributed by atoms with van der Waals surface area (Å²) in [5.41, 5.74) is 7.39. The summed E-state index contributed by atoms with van der Waals surface area (Å²) >= 11 is 0. The van der Waals surface area contributed by atoms with Crippen LogP contribution in [0.25, 0.3) is 0 Å². The first-order valence-corrected chi connectivity index (χ1v) is 7.95. The molecule has 2 aromatic rings. The Labute approximate surface area is 136 Å². The van der Waals surface area contributed by atoms with E-state index in [1.165, 1.54) is 12.1 Å². The van der Waals surface area contributed by atoms with E-state index in [0.29, 0.717) is 5.56 Å². The van der Waals surface area contributed by atoms with E-state index in [2.05, 4.69) is 4.72 Å². The van der Waals surface area contributed by atoms with Crippen molar-refractivity contribution in [3.8, 4) is 0 Å². The van der Waals surface area contributed by atoms with Crippen LogP contribution in [0.15, 0.2) is 53.4 Å². The molecule has 0 aliphatic carbocycles. The Kier molecular flexibility index (Phi) is 6.49. The summed E-state index contributed by atoms with van der Waals surface area (Å²) in [6, 6.07) is 12.6. The van der Waals surface area contributed by atoms with Crippen molar-refractivity contribution >= 4 is 22.4 Å². The first-order chi connectivity index (χ1) is 9.90. The lowest BCUT2D eigenvalue weighted by molar-refractivity contribution is 0.551. The van der Waals surface area contributed by atoms with Gasteiger partial charge in [0.05, 0.1) is 0 Å². The summed E-state index contributed by atoms with van der Waals surface area (Å²) in [5, 5.41) is 0. The minimum absolute atomic E-state index is 0. The molecule has 7 heteroatoms. The molecule has 1 atom stereocenters. The zero-order valence-electron chi connectivity index (χ0n) is 12.0. The number of hydrogen-bond acceptors (Lipinski definition) is 3. The first kappa shape index (κ1) is 18.6. The van der Waals surface area contributed by atoms with Gasteiger partial charge in [0, 0.05) is 12.6 Å². The predicted molar refractivity (Wildman–Crippen MR) is 86.9 cm³/mol. The standard InChI is InChI=1S/C15H17FN2O2S.ClH/c1-11-7-8-15(13(16)9-11)21(19,20)18-10-14(17)12-5-3-2-4-6-12;/h2-9,14,18H,10,17H2,1H3;1H. The normalized spacial score (nSPS) is 12.5. The number of benzene rings is 2. The molecule has 0 spiro atoms. The maximum absolute atomic E-state index is 13.7. The molecule has 0 fully saturated rings. The van der Waals surface area contributed by atoms with Gasteiger partial charge in [0.15, 0.2) is 0 Å². The van der Waals surface area contributed by atoms with E-state index in [4.69, 9.17) is 5.73 Å². The Morgan fingerprint density at radius 1 is 1.18 bits per heavy atom. The quantitative estimate of drug-likeness (QED) is 0.875. The number of aryl methyl sites for hydroxylation is 1. The van der Waals surface area contributed by atoms with Crippen LogP contribution in [-0.2, 0) is 10.0 Å². The highest BCUT2D eigenvalue weighted by Gasteiger charge is 2.20. The van der Waals surface area contributed by atoms with Crippen molar-refractivity contribution in [1.82, 2.24) is 4.72 Å². The molecule has 4 nitrogen and oxygen atoms in total. The Hall–Kier alpha value is -1.47. The molecule has 0 saturated heterocycles. The van der Waals surface area contributed by atoms with Gasteiger partial charge in [0.1, 0.15) is 10.7 Å². The van der Waals surface area contributed by atoms with Gasteiger partial charge in [0.25, 0.3) is 0 Å². The van der Waals surface area contributed by atoms with E-state index in [-0.39, 0.29) is 23.8 Å². The topological polar surface area (TPSA) is 72.2 Å². The molecule has 120 valence electrons. The highest BCUT2D eigenvalue weighted by atomic mass is 35.5. The third-order valence-corrected chi connectivity index (χ3v) is 4.55. The average Bonchev–Trinajstić information content (AvgIpc) is 2.45. The summed E-state index contributed by atoms with van der Waals surface area (Å²) in [4.78, 5) is -0.367. The van der Waals surface area contributed by atoms with Gasteiger partial charge in [-0.1, -0.05) is 36.4 Å². The van der Waals surface area contributed by atoms with Crippen molar-refractivity contribution in [3.05, 3.63) is 65.5 Å². The average molecular weight is 345 g/mol. The third kappa shape index (κ3) is 4.51. The van der Waals surface area contributed by atoms with Gasteiger partial charge in [-0.05, 0) is 30.2 Å². The van der Waals surface area contributed by atoms with Crippen molar-refractivity contribution in [1.29, 1.82) is 0 Å². The minimum Gasteiger partial charge on any atom is -0.323 e. The van der Waals surface area contributed by atoms with Crippen molar-refractivity contribution in [3.63, 3.8) is 0 Å². The molecule has 22 heavy (non-hydrogen) atoms. The molecule has 0 aliphatic rings. The lowest BCUT2D eigenvalue weighted by Crippen LogP contribution is -2.32. The molecular weight excluding hydrogens is 327 g/mol. The zero-order chi connectivity index (χ0) is 15.5. The van der Waals surface area contributed by atoms with Crippen LogP contribution >= 0.6 is 12.4 Å². The van der Waals surface area contributed by atoms with E-state index >= 15 is 0 Å². The Morgan fingerprint density at radius 3 is 2.41 bits per heavy atom. The van der Waals surface area contributed by atoms with Gasteiger partial charge < -0.3 is 5.73 Å². The summed E-state index contributed by atoms with van der Waals surface area (Å²) in [7, 11) is -3.92. The van der Waals surface area contributed by atoms with Crippen molar-refractivity contribution < 1.29 is 12.8 Å². The van der Waals surface area contributed by atoms with Gasteiger partial charge in [-0.3, -0.25) is 0 Å². The van der Waals surface area contributed by atoms with Crippen LogP contribution in [0.5, 0.6) is 0 Å². The first-order valence-electron chi connectivity index (χ1n) is 6.46. The third-order valence-electron chi connectivity index (χ3n) is 3.10. The molecular formula is C15H18ClFN2O2S. The molecule has 0 aliphatic heterocycles. The molecule has 0 amide bonds. The number of nitrogens with one attached hydrogen (secondary N) is 1. The largest absolute Gasteiger partial charge is 0.323 e. The fraction of sp³-hybridized carbons (Fsp3) is 0.200. The number of sulfonamides is 1. The van der Waals surface area contributed by atoms with Crippen molar-refractivity contribution in [2.75, 3.05) is 6.54 Å². The van der Waals surface area contributed by atoms with Crippen LogP contribution in [0.4, 0.5) is 4.39 Å². The van der Waals surface area contributed by atoms with E-state index < -0.39 is 21.9 Å². The smallest absolute Gasteiger partial charge is 0.243 e. The highest BCUT2D eigenvalue weighted by Crippen LogP contribution is 2.16.